The van der Waals surface area contributed by atoms with Crippen molar-refractivity contribution in [2.45, 2.75) is 26.5 Å². The molecule has 1 N–H and O–H groups in total. The normalized spacial score (nSPS) is 10.6. The van der Waals surface area contributed by atoms with E-state index in [9.17, 15) is 4.39 Å². The fraction of sp³-hybridized carbons (Fsp3) is 0.333. The fourth-order valence-corrected chi connectivity index (χ4v) is 1.98. The number of methoxy groups -OCH3 is 1. The summed E-state index contributed by atoms with van der Waals surface area (Å²) in [6.45, 7) is 2.89. The minimum absolute atomic E-state index is 0.240. The second-order valence-corrected chi connectivity index (χ2v) is 4.39. The monoisotopic (exact) mass is 275 g/mol. The van der Waals surface area contributed by atoms with Crippen LogP contribution in [-0.4, -0.2) is 17.1 Å². The molecule has 0 bridgehead atoms. The van der Waals surface area contributed by atoms with Crippen molar-refractivity contribution in [3.8, 4) is 0 Å². The second-order valence-electron chi connectivity index (χ2n) is 4.39. The highest BCUT2D eigenvalue weighted by molar-refractivity contribution is 5.39. The van der Waals surface area contributed by atoms with E-state index in [-0.39, 0.29) is 11.6 Å². The molecule has 0 saturated heterocycles. The topological polar surface area (TPSA) is 47.0 Å². The maximum absolute atomic E-state index is 14.0. The molecule has 0 atom stereocenters. The summed E-state index contributed by atoms with van der Waals surface area (Å²) >= 11 is 0. The Hall–Kier alpha value is -2.01. The maximum Gasteiger partial charge on any atom is 0.186 e. The predicted octanol–water partition coefficient (Wildman–Crippen LogP) is 2.94. The van der Waals surface area contributed by atoms with Crippen LogP contribution in [0.15, 0.2) is 30.6 Å². The Labute approximate surface area is 118 Å². The van der Waals surface area contributed by atoms with Crippen molar-refractivity contribution < 1.29 is 9.13 Å². The summed E-state index contributed by atoms with van der Waals surface area (Å²) < 4.78 is 19.2. The fourth-order valence-electron chi connectivity index (χ4n) is 1.98. The lowest BCUT2D eigenvalue weighted by Crippen LogP contribution is -2.08. The molecule has 0 spiro atoms. The zero-order chi connectivity index (χ0) is 14.4. The van der Waals surface area contributed by atoms with Gasteiger partial charge in [0, 0.05) is 13.7 Å². The van der Waals surface area contributed by atoms with E-state index in [0.717, 1.165) is 11.1 Å². The summed E-state index contributed by atoms with van der Waals surface area (Å²) in [7, 11) is 1.65. The Morgan fingerprint density at radius 3 is 2.65 bits per heavy atom. The molecule has 20 heavy (non-hydrogen) atoms. The largest absolute Gasteiger partial charge is 0.380 e. The van der Waals surface area contributed by atoms with Gasteiger partial charge in [-0.05, 0) is 17.5 Å². The molecular weight excluding hydrogens is 257 g/mol. The first kappa shape index (κ1) is 14.4. The van der Waals surface area contributed by atoms with E-state index in [1.807, 2.05) is 31.2 Å². The molecule has 0 unspecified atom stereocenters. The lowest BCUT2D eigenvalue weighted by molar-refractivity contribution is 0.184. The molecule has 0 aliphatic heterocycles. The number of nitrogens with zero attached hydrogens (tertiary/aromatic N) is 2. The van der Waals surface area contributed by atoms with Crippen molar-refractivity contribution in [3.05, 3.63) is 53.2 Å². The molecule has 2 rings (SSSR count). The zero-order valence-electron chi connectivity index (χ0n) is 11.7. The van der Waals surface area contributed by atoms with Crippen molar-refractivity contribution in [1.29, 1.82) is 0 Å². The molecule has 1 aromatic carbocycles. The number of halogens is 1. The van der Waals surface area contributed by atoms with Crippen molar-refractivity contribution >= 4 is 5.82 Å². The third-order valence-electron chi connectivity index (χ3n) is 3.06. The van der Waals surface area contributed by atoms with Crippen molar-refractivity contribution in [2.24, 2.45) is 0 Å². The summed E-state index contributed by atoms with van der Waals surface area (Å²) in [6, 6.07) is 7.89. The highest BCUT2D eigenvalue weighted by atomic mass is 19.1. The van der Waals surface area contributed by atoms with Gasteiger partial charge in [-0.3, -0.25) is 0 Å². The first-order valence-electron chi connectivity index (χ1n) is 6.55. The number of hydrogen-bond acceptors (Lipinski definition) is 4. The molecule has 0 saturated carbocycles. The molecule has 4 nitrogen and oxygen atoms in total. The Morgan fingerprint density at radius 2 is 1.95 bits per heavy atom. The van der Waals surface area contributed by atoms with E-state index in [0.29, 0.717) is 25.3 Å². The molecule has 2 aromatic rings. The van der Waals surface area contributed by atoms with Crippen LogP contribution in [-0.2, 0) is 24.3 Å². The van der Waals surface area contributed by atoms with Crippen LogP contribution in [0.25, 0.3) is 0 Å². The number of anilines is 1. The third-order valence-corrected chi connectivity index (χ3v) is 3.06. The van der Waals surface area contributed by atoms with Crippen molar-refractivity contribution in [2.75, 3.05) is 12.4 Å². The summed E-state index contributed by atoms with van der Waals surface area (Å²) in [4.78, 5) is 7.86. The van der Waals surface area contributed by atoms with Gasteiger partial charge in [-0.25, -0.2) is 14.4 Å². The molecule has 5 heteroatoms. The highest BCUT2D eigenvalue weighted by Gasteiger charge is 2.10. The predicted molar refractivity (Wildman–Crippen MR) is 75.8 cm³/mol. The van der Waals surface area contributed by atoms with E-state index < -0.39 is 0 Å². The quantitative estimate of drug-likeness (QED) is 0.880. The van der Waals surface area contributed by atoms with Crippen LogP contribution >= 0.6 is 0 Å². The van der Waals surface area contributed by atoms with Crippen LogP contribution in [0.1, 0.15) is 23.7 Å². The van der Waals surface area contributed by atoms with Crippen LogP contribution in [0.2, 0.25) is 0 Å². The van der Waals surface area contributed by atoms with Crippen LogP contribution in [0.5, 0.6) is 0 Å². The van der Waals surface area contributed by atoms with Crippen molar-refractivity contribution in [3.63, 3.8) is 0 Å². The SMILES string of the molecule is CCc1ncnc(NCc2ccccc2COC)c1F. The number of benzene rings is 1. The van der Waals surface area contributed by atoms with Crippen LogP contribution < -0.4 is 5.32 Å². The smallest absolute Gasteiger partial charge is 0.186 e. The minimum Gasteiger partial charge on any atom is -0.380 e. The maximum atomic E-state index is 14.0. The average molecular weight is 275 g/mol. The highest BCUT2D eigenvalue weighted by Crippen LogP contribution is 2.16. The first-order valence-corrected chi connectivity index (χ1v) is 6.55. The van der Waals surface area contributed by atoms with E-state index in [1.165, 1.54) is 6.33 Å². The molecule has 0 radical (unpaired) electrons. The van der Waals surface area contributed by atoms with Crippen LogP contribution in [0, 0.1) is 5.82 Å². The summed E-state index contributed by atoms with van der Waals surface area (Å²) in [5.41, 5.74) is 2.56. The van der Waals surface area contributed by atoms with Gasteiger partial charge in [0.25, 0.3) is 0 Å². The van der Waals surface area contributed by atoms with E-state index in [2.05, 4.69) is 15.3 Å². The van der Waals surface area contributed by atoms with E-state index in [1.54, 1.807) is 7.11 Å². The van der Waals surface area contributed by atoms with Crippen LogP contribution in [0.3, 0.4) is 0 Å². The van der Waals surface area contributed by atoms with E-state index in [4.69, 9.17) is 4.74 Å². The second kappa shape index (κ2) is 6.96. The molecule has 1 heterocycles. The van der Waals surface area contributed by atoms with E-state index >= 15 is 0 Å². The summed E-state index contributed by atoms with van der Waals surface area (Å²) in [6.07, 6.45) is 1.93. The average Bonchev–Trinajstić information content (AvgIpc) is 2.48. The number of rotatable bonds is 6. The van der Waals surface area contributed by atoms with Gasteiger partial charge in [-0.2, -0.15) is 0 Å². The number of aryl methyl sites for hydroxylation is 1. The Kier molecular flexibility index (Phi) is 5.01. The number of aromatic nitrogens is 2. The summed E-state index contributed by atoms with van der Waals surface area (Å²) in [5.74, 6) is -0.136. The lowest BCUT2D eigenvalue weighted by atomic mass is 10.1. The Bertz CT molecular complexity index is 575. The Balaban J connectivity index is 2.13. The number of hydrogen-bond donors (Lipinski definition) is 1. The zero-order valence-corrected chi connectivity index (χ0v) is 11.7. The van der Waals surface area contributed by atoms with Gasteiger partial charge >= 0.3 is 0 Å². The molecule has 0 aliphatic carbocycles. The lowest BCUT2D eigenvalue weighted by Gasteiger charge is -2.11. The number of nitrogens with one attached hydrogen (secondary N) is 1. The van der Waals surface area contributed by atoms with Gasteiger partial charge in [0.15, 0.2) is 11.6 Å². The van der Waals surface area contributed by atoms with Gasteiger partial charge in [-0.1, -0.05) is 31.2 Å². The first-order chi connectivity index (χ1) is 9.76. The molecular formula is C15H18FN3O. The molecule has 1 aromatic heterocycles. The van der Waals surface area contributed by atoms with Gasteiger partial charge in [0.1, 0.15) is 6.33 Å². The molecule has 0 fully saturated rings. The third kappa shape index (κ3) is 3.30. The van der Waals surface area contributed by atoms with Gasteiger partial charge in [0.05, 0.1) is 12.3 Å². The molecule has 0 aliphatic rings. The summed E-state index contributed by atoms with van der Waals surface area (Å²) in [5, 5.41) is 3.02. The molecule has 106 valence electrons. The minimum atomic E-state index is -0.376. The van der Waals surface area contributed by atoms with Crippen LogP contribution in [0.4, 0.5) is 10.2 Å². The van der Waals surface area contributed by atoms with Gasteiger partial charge in [-0.15, -0.1) is 0 Å². The standard InChI is InChI=1S/C15H18FN3O/c1-3-13-14(16)15(19-10-18-13)17-8-11-6-4-5-7-12(11)9-20-2/h4-7,10H,3,8-9H2,1-2H3,(H,17,18,19). The molecule has 0 amide bonds. The van der Waals surface area contributed by atoms with Gasteiger partial charge in [0.2, 0.25) is 0 Å². The number of ether oxygens (including phenoxy) is 1. The van der Waals surface area contributed by atoms with Crippen molar-refractivity contribution in [1.82, 2.24) is 9.97 Å². The van der Waals surface area contributed by atoms with Gasteiger partial charge < -0.3 is 10.1 Å². The Morgan fingerprint density at radius 1 is 1.20 bits per heavy atom.